The maximum absolute atomic E-state index is 3.35. The first-order valence-electron chi connectivity index (χ1n) is 6.01. The lowest BCUT2D eigenvalue weighted by molar-refractivity contribution is 0.346. The van der Waals surface area contributed by atoms with E-state index >= 15 is 0 Å². The highest BCUT2D eigenvalue weighted by Crippen LogP contribution is 2.27. The summed E-state index contributed by atoms with van der Waals surface area (Å²) in [6.45, 7) is 4.60. The number of nitrogens with zero attached hydrogens (tertiary/aromatic N) is 1. The molecule has 0 unspecified atom stereocenters. The van der Waals surface area contributed by atoms with Crippen LogP contribution in [0.25, 0.3) is 10.9 Å². The number of fused-ring (bicyclic) bond motifs is 1. The fourth-order valence-corrected chi connectivity index (χ4v) is 2.64. The number of aromatic nitrogens is 1. The fraction of sp³-hybridized carbons (Fsp3) is 0.429. The second-order valence-corrected chi connectivity index (χ2v) is 4.87. The number of rotatable bonds is 2. The maximum atomic E-state index is 3.35. The highest BCUT2D eigenvalue weighted by Gasteiger charge is 2.20. The van der Waals surface area contributed by atoms with Crippen molar-refractivity contribution in [3.8, 4) is 0 Å². The normalized spacial score (nSPS) is 16.6. The van der Waals surface area contributed by atoms with Gasteiger partial charge in [0, 0.05) is 23.6 Å². The van der Waals surface area contributed by atoms with Crippen molar-refractivity contribution in [2.24, 2.45) is 13.0 Å². The van der Waals surface area contributed by atoms with Gasteiger partial charge in [-0.05, 0) is 44.0 Å². The van der Waals surface area contributed by atoms with Crippen molar-refractivity contribution in [1.29, 1.82) is 0 Å². The third kappa shape index (κ3) is 1.37. The molecule has 1 N–H and O–H groups in total. The van der Waals surface area contributed by atoms with Gasteiger partial charge >= 0.3 is 0 Å². The highest BCUT2D eigenvalue weighted by molar-refractivity contribution is 5.85. The SMILES string of the molecule is Cc1c(CC2CNC2)c2ccccc2n1C. The number of para-hydroxylation sites is 1. The number of hydrogen-bond acceptors (Lipinski definition) is 1. The van der Waals surface area contributed by atoms with E-state index in [1.54, 1.807) is 5.56 Å². The van der Waals surface area contributed by atoms with Crippen LogP contribution < -0.4 is 5.32 Å². The summed E-state index contributed by atoms with van der Waals surface area (Å²) in [4.78, 5) is 0. The Hall–Kier alpha value is -1.28. The number of hydrogen-bond donors (Lipinski definition) is 1. The molecule has 16 heavy (non-hydrogen) atoms. The van der Waals surface area contributed by atoms with Crippen molar-refractivity contribution in [2.45, 2.75) is 13.3 Å². The number of benzene rings is 1. The van der Waals surface area contributed by atoms with Gasteiger partial charge in [-0.25, -0.2) is 0 Å². The summed E-state index contributed by atoms with van der Waals surface area (Å²) < 4.78 is 2.32. The minimum atomic E-state index is 0.838. The Morgan fingerprint density at radius 1 is 1.31 bits per heavy atom. The smallest absolute Gasteiger partial charge is 0.0482 e. The molecule has 0 spiro atoms. The monoisotopic (exact) mass is 214 g/mol. The predicted molar refractivity (Wildman–Crippen MR) is 67.7 cm³/mol. The van der Waals surface area contributed by atoms with Crippen LogP contribution >= 0.6 is 0 Å². The first kappa shape index (κ1) is 9.91. The van der Waals surface area contributed by atoms with Crippen LogP contribution in [-0.2, 0) is 13.5 Å². The van der Waals surface area contributed by atoms with Crippen LogP contribution in [0.3, 0.4) is 0 Å². The zero-order valence-electron chi connectivity index (χ0n) is 9.96. The molecule has 1 fully saturated rings. The average molecular weight is 214 g/mol. The van der Waals surface area contributed by atoms with Crippen molar-refractivity contribution < 1.29 is 0 Å². The van der Waals surface area contributed by atoms with Gasteiger partial charge in [-0.15, -0.1) is 0 Å². The fourth-order valence-electron chi connectivity index (χ4n) is 2.64. The molecule has 1 aromatic heterocycles. The highest BCUT2D eigenvalue weighted by atomic mass is 15.0. The standard InChI is InChI=1S/C14H18N2/c1-10-13(7-11-8-15-9-11)12-5-3-4-6-14(12)16(10)2/h3-6,11,15H,7-9H2,1-2H3. The Balaban J connectivity index is 2.10. The molecule has 1 aliphatic rings. The average Bonchev–Trinajstić information content (AvgIpc) is 2.48. The molecule has 0 radical (unpaired) electrons. The summed E-state index contributed by atoms with van der Waals surface area (Å²) in [5.74, 6) is 0.838. The van der Waals surface area contributed by atoms with Crippen molar-refractivity contribution in [2.75, 3.05) is 13.1 Å². The summed E-state index contributed by atoms with van der Waals surface area (Å²) in [7, 11) is 2.17. The Bertz CT molecular complexity index is 521. The molecule has 2 nitrogen and oxygen atoms in total. The molecule has 1 saturated heterocycles. The van der Waals surface area contributed by atoms with Crippen molar-refractivity contribution in [1.82, 2.24) is 9.88 Å². The zero-order valence-corrected chi connectivity index (χ0v) is 9.96. The summed E-state index contributed by atoms with van der Waals surface area (Å²) >= 11 is 0. The predicted octanol–water partition coefficient (Wildman–Crippen LogP) is 2.25. The van der Waals surface area contributed by atoms with Gasteiger partial charge in [0.05, 0.1) is 0 Å². The van der Waals surface area contributed by atoms with Gasteiger partial charge in [-0.2, -0.15) is 0 Å². The van der Waals surface area contributed by atoms with E-state index in [0.717, 1.165) is 5.92 Å². The summed E-state index contributed by atoms with van der Waals surface area (Å²) in [6, 6.07) is 8.73. The van der Waals surface area contributed by atoms with Crippen LogP contribution in [0.1, 0.15) is 11.3 Å². The Labute approximate surface area is 96.3 Å². The van der Waals surface area contributed by atoms with Crippen LogP contribution in [0.4, 0.5) is 0 Å². The van der Waals surface area contributed by atoms with Crippen LogP contribution in [0.5, 0.6) is 0 Å². The Morgan fingerprint density at radius 2 is 2.06 bits per heavy atom. The third-order valence-electron chi connectivity index (χ3n) is 3.89. The zero-order chi connectivity index (χ0) is 11.1. The lowest BCUT2D eigenvalue weighted by Crippen LogP contribution is -2.43. The Kier molecular flexibility index (Phi) is 2.25. The maximum Gasteiger partial charge on any atom is 0.0482 e. The van der Waals surface area contributed by atoms with E-state index in [-0.39, 0.29) is 0 Å². The lowest BCUT2D eigenvalue weighted by Gasteiger charge is -2.27. The summed E-state index contributed by atoms with van der Waals surface area (Å²) in [5, 5.41) is 4.79. The van der Waals surface area contributed by atoms with Gasteiger partial charge < -0.3 is 9.88 Å². The van der Waals surface area contributed by atoms with Gasteiger partial charge in [0.15, 0.2) is 0 Å². The first-order chi connectivity index (χ1) is 7.77. The van der Waals surface area contributed by atoms with E-state index in [9.17, 15) is 0 Å². The van der Waals surface area contributed by atoms with Gasteiger partial charge in [-0.1, -0.05) is 18.2 Å². The minimum Gasteiger partial charge on any atom is -0.348 e. The third-order valence-corrected chi connectivity index (χ3v) is 3.89. The largest absolute Gasteiger partial charge is 0.348 e. The summed E-state index contributed by atoms with van der Waals surface area (Å²) in [5.41, 5.74) is 4.33. The topological polar surface area (TPSA) is 17.0 Å². The van der Waals surface area contributed by atoms with Crippen LogP contribution in [-0.4, -0.2) is 17.7 Å². The second kappa shape index (κ2) is 3.63. The first-order valence-corrected chi connectivity index (χ1v) is 6.01. The molecule has 0 saturated carbocycles. The summed E-state index contributed by atoms with van der Waals surface area (Å²) in [6.07, 6.45) is 1.22. The van der Waals surface area contributed by atoms with Gasteiger partial charge in [0.25, 0.3) is 0 Å². The van der Waals surface area contributed by atoms with Crippen molar-refractivity contribution in [3.05, 3.63) is 35.5 Å². The van der Waals surface area contributed by atoms with Crippen molar-refractivity contribution in [3.63, 3.8) is 0 Å². The number of nitrogens with one attached hydrogen (secondary N) is 1. The molecule has 2 heterocycles. The van der Waals surface area contributed by atoms with Crippen molar-refractivity contribution >= 4 is 10.9 Å². The molecule has 3 rings (SSSR count). The quantitative estimate of drug-likeness (QED) is 0.811. The minimum absolute atomic E-state index is 0.838. The van der Waals surface area contributed by atoms with E-state index in [4.69, 9.17) is 0 Å². The van der Waals surface area contributed by atoms with Gasteiger partial charge in [-0.3, -0.25) is 0 Å². The van der Waals surface area contributed by atoms with E-state index in [0.29, 0.717) is 0 Å². The molecular formula is C14H18N2. The number of aryl methyl sites for hydroxylation is 1. The molecule has 1 aliphatic heterocycles. The van der Waals surface area contributed by atoms with Gasteiger partial charge in [0.2, 0.25) is 0 Å². The van der Waals surface area contributed by atoms with E-state index in [1.807, 2.05) is 0 Å². The Morgan fingerprint density at radius 3 is 2.75 bits per heavy atom. The molecule has 0 atom stereocenters. The molecule has 0 bridgehead atoms. The second-order valence-electron chi connectivity index (χ2n) is 4.87. The van der Waals surface area contributed by atoms with E-state index in [2.05, 4.69) is 48.1 Å². The molecule has 1 aromatic carbocycles. The molecule has 2 heteroatoms. The van der Waals surface area contributed by atoms with Crippen LogP contribution in [0, 0.1) is 12.8 Å². The lowest BCUT2D eigenvalue weighted by atomic mass is 9.93. The molecular weight excluding hydrogens is 196 g/mol. The van der Waals surface area contributed by atoms with Crippen LogP contribution in [0.15, 0.2) is 24.3 Å². The molecule has 0 amide bonds. The molecule has 2 aromatic rings. The van der Waals surface area contributed by atoms with E-state index in [1.165, 1.54) is 36.1 Å². The van der Waals surface area contributed by atoms with E-state index < -0.39 is 0 Å². The molecule has 84 valence electrons. The van der Waals surface area contributed by atoms with Crippen LogP contribution in [0.2, 0.25) is 0 Å². The van der Waals surface area contributed by atoms with Gasteiger partial charge in [0.1, 0.15) is 0 Å². The molecule has 0 aliphatic carbocycles.